The van der Waals surface area contributed by atoms with E-state index in [1.165, 1.54) is 0 Å². The van der Waals surface area contributed by atoms with Crippen molar-refractivity contribution in [2.24, 2.45) is 7.05 Å². The Balaban J connectivity index is 2.18. The van der Waals surface area contributed by atoms with E-state index in [0.717, 1.165) is 22.0 Å². The first-order chi connectivity index (χ1) is 7.33. The lowest BCUT2D eigenvalue weighted by Crippen LogP contribution is -1.84. The van der Waals surface area contributed by atoms with E-state index < -0.39 is 0 Å². The topological polar surface area (TPSA) is 46.5 Å². The van der Waals surface area contributed by atoms with Crippen LogP contribution in [0.15, 0.2) is 36.8 Å². The van der Waals surface area contributed by atoms with Gasteiger partial charge in [-0.3, -0.25) is 9.78 Å². The summed E-state index contributed by atoms with van der Waals surface area (Å²) in [4.78, 5) is 0. The van der Waals surface area contributed by atoms with Crippen molar-refractivity contribution in [3.8, 4) is 11.1 Å². The number of hydrogen-bond donors (Lipinski definition) is 1. The summed E-state index contributed by atoms with van der Waals surface area (Å²) < 4.78 is 1.80. The quantitative estimate of drug-likeness (QED) is 0.649. The number of H-pyrrole nitrogens is 1. The van der Waals surface area contributed by atoms with Gasteiger partial charge in [0.1, 0.15) is 0 Å². The zero-order valence-electron chi connectivity index (χ0n) is 8.31. The van der Waals surface area contributed by atoms with Gasteiger partial charge in [0.2, 0.25) is 0 Å². The monoisotopic (exact) mass is 198 g/mol. The smallest absolute Gasteiger partial charge is 0.0650 e. The fourth-order valence-electron chi connectivity index (χ4n) is 1.69. The molecular weight excluding hydrogens is 188 g/mol. The Morgan fingerprint density at radius 2 is 2.13 bits per heavy atom. The first kappa shape index (κ1) is 8.23. The summed E-state index contributed by atoms with van der Waals surface area (Å²) in [6.45, 7) is 0. The minimum absolute atomic E-state index is 1.06. The minimum atomic E-state index is 1.06. The number of aromatic amines is 1. The molecule has 15 heavy (non-hydrogen) atoms. The van der Waals surface area contributed by atoms with Gasteiger partial charge in [-0.15, -0.1) is 0 Å². The zero-order chi connectivity index (χ0) is 10.3. The lowest BCUT2D eigenvalue weighted by molar-refractivity contribution is 0.768. The SMILES string of the molecule is Cn1cc(-c2ccc3[nH]ncc3c2)cn1. The second-order valence-corrected chi connectivity index (χ2v) is 3.57. The second kappa shape index (κ2) is 2.95. The van der Waals surface area contributed by atoms with Crippen molar-refractivity contribution in [1.29, 1.82) is 0 Å². The molecule has 0 amide bonds. The van der Waals surface area contributed by atoms with Crippen molar-refractivity contribution in [2.75, 3.05) is 0 Å². The molecule has 1 N–H and O–H groups in total. The molecule has 3 rings (SSSR count). The first-order valence-corrected chi connectivity index (χ1v) is 4.75. The molecule has 0 unspecified atom stereocenters. The highest BCUT2D eigenvalue weighted by molar-refractivity contribution is 5.83. The van der Waals surface area contributed by atoms with Crippen LogP contribution in [0.5, 0.6) is 0 Å². The molecule has 0 radical (unpaired) electrons. The molecule has 74 valence electrons. The summed E-state index contributed by atoms with van der Waals surface area (Å²) in [6, 6.07) is 6.21. The van der Waals surface area contributed by atoms with Gasteiger partial charge in [0, 0.05) is 24.2 Å². The molecule has 0 aliphatic heterocycles. The lowest BCUT2D eigenvalue weighted by Gasteiger charge is -1.96. The molecule has 0 fully saturated rings. The van der Waals surface area contributed by atoms with Gasteiger partial charge in [0.25, 0.3) is 0 Å². The highest BCUT2D eigenvalue weighted by Gasteiger charge is 2.02. The van der Waals surface area contributed by atoms with Crippen molar-refractivity contribution in [3.63, 3.8) is 0 Å². The van der Waals surface area contributed by atoms with Crippen LogP contribution in [-0.4, -0.2) is 20.0 Å². The molecule has 2 aromatic heterocycles. The average molecular weight is 198 g/mol. The largest absolute Gasteiger partial charge is 0.278 e. The van der Waals surface area contributed by atoms with Crippen LogP contribution >= 0.6 is 0 Å². The normalized spacial score (nSPS) is 11.0. The van der Waals surface area contributed by atoms with Crippen LogP contribution in [0.1, 0.15) is 0 Å². The minimum Gasteiger partial charge on any atom is -0.278 e. The molecule has 1 aromatic carbocycles. The number of rotatable bonds is 1. The molecule has 0 aliphatic rings. The Bertz CT molecular complexity index is 606. The number of aromatic nitrogens is 4. The van der Waals surface area contributed by atoms with E-state index in [9.17, 15) is 0 Å². The van der Waals surface area contributed by atoms with Gasteiger partial charge in [-0.1, -0.05) is 6.07 Å². The van der Waals surface area contributed by atoms with Crippen LogP contribution in [0.25, 0.3) is 22.0 Å². The Kier molecular flexibility index (Phi) is 1.62. The van der Waals surface area contributed by atoms with Crippen LogP contribution in [0.4, 0.5) is 0 Å². The Morgan fingerprint density at radius 1 is 1.20 bits per heavy atom. The number of fused-ring (bicyclic) bond motifs is 1. The Labute approximate surface area is 86.5 Å². The summed E-state index contributed by atoms with van der Waals surface area (Å²) in [5.74, 6) is 0. The molecule has 0 saturated heterocycles. The molecule has 4 heteroatoms. The van der Waals surface area contributed by atoms with Crippen molar-refractivity contribution in [1.82, 2.24) is 20.0 Å². The molecule has 0 aliphatic carbocycles. The summed E-state index contributed by atoms with van der Waals surface area (Å²) in [5.41, 5.74) is 3.35. The molecule has 0 spiro atoms. The van der Waals surface area contributed by atoms with E-state index in [1.54, 1.807) is 4.68 Å². The van der Waals surface area contributed by atoms with E-state index in [1.807, 2.05) is 31.7 Å². The predicted octanol–water partition coefficient (Wildman–Crippen LogP) is 1.96. The van der Waals surface area contributed by atoms with Gasteiger partial charge in [0.15, 0.2) is 0 Å². The van der Waals surface area contributed by atoms with Gasteiger partial charge in [-0.05, 0) is 17.7 Å². The summed E-state index contributed by atoms with van der Waals surface area (Å²) in [6.07, 6.45) is 5.69. The maximum atomic E-state index is 4.15. The van der Waals surface area contributed by atoms with Crippen LogP contribution in [-0.2, 0) is 7.05 Å². The number of aryl methyl sites for hydroxylation is 1. The summed E-state index contributed by atoms with van der Waals surface area (Å²) in [5, 5.41) is 12.2. The first-order valence-electron chi connectivity index (χ1n) is 4.75. The Hall–Kier alpha value is -2.10. The van der Waals surface area contributed by atoms with Crippen LogP contribution in [0.2, 0.25) is 0 Å². The molecule has 4 nitrogen and oxygen atoms in total. The third kappa shape index (κ3) is 1.30. The van der Waals surface area contributed by atoms with E-state index in [-0.39, 0.29) is 0 Å². The molecule has 0 saturated carbocycles. The standard InChI is InChI=1S/C11H10N4/c1-15-7-10(6-13-15)8-2-3-11-9(4-8)5-12-14-11/h2-7H,1H3,(H,12,14). The molecule has 2 heterocycles. The molecule has 0 atom stereocenters. The molecule has 3 aromatic rings. The van der Waals surface area contributed by atoms with E-state index in [0.29, 0.717) is 0 Å². The summed E-state index contributed by atoms with van der Waals surface area (Å²) >= 11 is 0. The van der Waals surface area contributed by atoms with Gasteiger partial charge in [0.05, 0.1) is 17.9 Å². The van der Waals surface area contributed by atoms with Crippen LogP contribution < -0.4 is 0 Å². The number of benzene rings is 1. The van der Waals surface area contributed by atoms with Crippen molar-refractivity contribution < 1.29 is 0 Å². The maximum Gasteiger partial charge on any atom is 0.0650 e. The molecular formula is C11H10N4. The zero-order valence-corrected chi connectivity index (χ0v) is 8.31. The van der Waals surface area contributed by atoms with Crippen LogP contribution in [0, 0.1) is 0 Å². The number of hydrogen-bond acceptors (Lipinski definition) is 2. The summed E-state index contributed by atoms with van der Waals surface area (Å²) in [7, 11) is 1.92. The van der Waals surface area contributed by atoms with Crippen LogP contribution in [0.3, 0.4) is 0 Å². The second-order valence-electron chi connectivity index (χ2n) is 3.57. The van der Waals surface area contributed by atoms with Gasteiger partial charge in [-0.25, -0.2) is 0 Å². The van der Waals surface area contributed by atoms with E-state index >= 15 is 0 Å². The fourth-order valence-corrected chi connectivity index (χ4v) is 1.69. The van der Waals surface area contributed by atoms with Gasteiger partial charge in [-0.2, -0.15) is 10.2 Å². The highest BCUT2D eigenvalue weighted by atomic mass is 15.2. The van der Waals surface area contributed by atoms with Gasteiger partial charge < -0.3 is 0 Å². The fraction of sp³-hybridized carbons (Fsp3) is 0.0909. The highest BCUT2D eigenvalue weighted by Crippen LogP contribution is 2.22. The average Bonchev–Trinajstić information content (AvgIpc) is 2.84. The maximum absolute atomic E-state index is 4.15. The lowest BCUT2D eigenvalue weighted by atomic mass is 10.1. The number of nitrogens with one attached hydrogen (secondary N) is 1. The third-order valence-electron chi connectivity index (χ3n) is 2.48. The number of nitrogens with zero attached hydrogens (tertiary/aromatic N) is 3. The molecule has 0 bridgehead atoms. The van der Waals surface area contributed by atoms with E-state index in [4.69, 9.17) is 0 Å². The van der Waals surface area contributed by atoms with Crippen molar-refractivity contribution >= 4 is 10.9 Å². The predicted molar refractivity (Wildman–Crippen MR) is 58.3 cm³/mol. The Morgan fingerprint density at radius 3 is 2.93 bits per heavy atom. The van der Waals surface area contributed by atoms with E-state index in [2.05, 4.69) is 27.4 Å². The van der Waals surface area contributed by atoms with Crippen molar-refractivity contribution in [2.45, 2.75) is 0 Å². The van der Waals surface area contributed by atoms with Crippen molar-refractivity contribution in [3.05, 3.63) is 36.8 Å². The van der Waals surface area contributed by atoms with Gasteiger partial charge >= 0.3 is 0 Å². The third-order valence-corrected chi connectivity index (χ3v) is 2.48.